The summed E-state index contributed by atoms with van der Waals surface area (Å²) in [5, 5.41) is 5.81. The molecule has 0 spiro atoms. The van der Waals surface area contributed by atoms with Gasteiger partial charge < -0.3 is 5.32 Å². The number of nitrogens with one attached hydrogen (secondary N) is 1. The molecule has 1 saturated carbocycles. The van der Waals surface area contributed by atoms with E-state index in [2.05, 4.69) is 32.2 Å². The third kappa shape index (κ3) is 3.86. The highest BCUT2D eigenvalue weighted by molar-refractivity contribution is 7.19. The van der Waals surface area contributed by atoms with Crippen molar-refractivity contribution < 1.29 is 0 Å². The van der Waals surface area contributed by atoms with Crippen molar-refractivity contribution in [3.8, 4) is 0 Å². The Labute approximate surface area is 180 Å². The number of hydrogen-bond acceptors (Lipinski definition) is 6. The number of aryl methyl sites for hydroxylation is 2. The minimum atomic E-state index is 0.485. The van der Waals surface area contributed by atoms with Gasteiger partial charge >= 0.3 is 0 Å². The summed E-state index contributed by atoms with van der Waals surface area (Å²) >= 11 is 8.14. The Morgan fingerprint density at radius 1 is 1.21 bits per heavy atom. The van der Waals surface area contributed by atoms with Gasteiger partial charge in [0.25, 0.3) is 0 Å². The van der Waals surface area contributed by atoms with Gasteiger partial charge in [-0.15, -0.1) is 11.3 Å². The van der Waals surface area contributed by atoms with Gasteiger partial charge in [-0.1, -0.05) is 11.6 Å². The molecule has 1 fully saturated rings. The lowest BCUT2D eigenvalue weighted by atomic mass is 9.90. The van der Waals surface area contributed by atoms with Gasteiger partial charge in [0, 0.05) is 35.9 Å². The molecule has 5 nitrogen and oxygen atoms in total. The summed E-state index contributed by atoms with van der Waals surface area (Å²) in [4.78, 5) is 18.3. The van der Waals surface area contributed by atoms with E-state index < -0.39 is 0 Å². The Kier molecular flexibility index (Phi) is 5.41. The maximum absolute atomic E-state index is 6.29. The molecule has 2 aliphatic carbocycles. The molecule has 29 heavy (non-hydrogen) atoms. The van der Waals surface area contributed by atoms with Crippen molar-refractivity contribution in [3.05, 3.63) is 45.8 Å². The molecule has 0 aromatic carbocycles. The van der Waals surface area contributed by atoms with Crippen LogP contribution in [0, 0.1) is 0 Å². The highest BCUT2D eigenvalue weighted by Crippen LogP contribution is 2.39. The SMILES string of the molecule is CN(Cc1ccncc1Cl)C1CCC(Nc2ncnc3sc4c(c23)CCC4)CC1. The largest absolute Gasteiger partial charge is 0.367 e. The smallest absolute Gasteiger partial charge is 0.138 e. The lowest BCUT2D eigenvalue weighted by Gasteiger charge is -2.35. The zero-order chi connectivity index (χ0) is 19.8. The summed E-state index contributed by atoms with van der Waals surface area (Å²) in [6.45, 7) is 0.873. The van der Waals surface area contributed by atoms with E-state index in [0.717, 1.165) is 40.6 Å². The van der Waals surface area contributed by atoms with Crippen LogP contribution < -0.4 is 5.32 Å². The second kappa shape index (κ2) is 8.17. The lowest BCUT2D eigenvalue weighted by molar-refractivity contribution is 0.179. The number of nitrogens with zero attached hydrogens (tertiary/aromatic N) is 4. The van der Waals surface area contributed by atoms with Crippen molar-refractivity contribution in [2.24, 2.45) is 0 Å². The number of aromatic nitrogens is 3. The lowest BCUT2D eigenvalue weighted by Crippen LogP contribution is -2.38. The summed E-state index contributed by atoms with van der Waals surface area (Å²) in [7, 11) is 2.21. The Bertz CT molecular complexity index is 1010. The Morgan fingerprint density at radius 3 is 2.90 bits per heavy atom. The van der Waals surface area contributed by atoms with Gasteiger partial charge in [-0.3, -0.25) is 9.88 Å². The molecule has 1 N–H and O–H groups in total. The fourth-order valence-corrected chi connectivity index (χ4v) is 6.23. The number of rotatable bonds is 5. The first-order valence-corrected chi connectivity index (χ1v) is 11.7. The number of anilines is 1. The van der Waals surface area contributed by atoms with E-state index in [1.54, 1.807) is 12.5 Å². The minimum absolute atomic E-state index is 0.485. The molecule has 3 aromatic heterocycles. The van der Waals surface area contributed by atoms with Gasteiger partial charge in [-0.05, 0) is 69.2 Å². The van der Waals surface area contributed by atoms with E-state index >= 15 is 0 Å². The van der Waals surface area contributed by atoms with Gasteiger partial charge in [0.05, 0.1) is 10.4 Å². The van der Waals surface area contributed by atoms with Gasteiger partial charge in [-0.2, -0.15) is 0 Å². The van der Waals surface area contributed by atoms with Crippen molar-refractivity contribution >= 4 is 39.0 Å². The monoisotopic (exact) mass is 427 g/mol. The zero-order valence-corrected chi connectivity index (χ0v) is 18.3. The maximum Gasteiger partial charge on any atom is 0.138 e. The summed E-state index contributed by atoms with van der Waals surface area (Å²) in [6.07, 6.45) is 13.6. The fourth-order valence-electron chi connectivity index (χ4n) is 4.82. The molecule has 0 saturated heterocycles. The van der Waals surface area contributed by atoms with Gasteiger partial charge in [0.15, 0.2) is 0 Å². The third-order valence-electron chi connectivity index (χ3n) is 6.44. The van der Waals surface area contributed by atoms with Crippen LogP contribution in [0.2, 0.25) is 5.02 Å². The number of halogens is 1. The summed E-state index contributed by atoms with van der Waals surface area (Å²) in [6, 6.07) is 3.10. The summed E-state index contributed by atoms with van der Waals surface area (Å²) in [5.41, 5.74) is 2.65. The van der Waals surface area contributed by atoms with Crippen LogP contribution in [0.3, 0.4) is 0 Å². The van der Waals surface area contributed by atoms with Crippen LogP contribution >= 0.6 is 22.9 Å². The molecular formula is C22H26ClN5S. The molecule has 152 valence electrons. The summed E-state index contributed by atoms with van der Waals surface area (Å²) < 4.78 is 0. The van der Waals surface area contributed by atoms with Crippen LogP contribution in [-0.4, -0.2) is 39.0 Å². The van der Waals surface area contributed by atoms with Crippen LogP contribution in [0.5, 0.6) is 0 Å². The Morgan fingerprint density at radius 2 is 2.07 bits per heavy atom. The topological polar surface area (TPSA) is 53.9 Å². The second-order valence-corrected chi connectivity index (χ2v) is 9.78. The number of hydrogen-bond donors (Lipinski definition) is 1. The van der Waals surface area contributed by atoms with Crippen molar-refractivity contribution in [3.63, 3.8) is 0 Å². The van der Waals surface area contributed by atoms with Gasteiger partial charge in [-0.25, -0.2) is 9.97 Å². The van der Waals surface area contributed by atoms with Gasteiger partial charge in [0.1, 0.15) is 17.0 Å². The van der Waals surface area contributed by atoms with E-state index in [-0.39, 0.29) is 0 Å². The molecule has 0 unspecified atom stereocenters. The van der Waals surface area contributed by atoms with E-state index in [1.165, 1.54) is 47.9 Å². The average molecular weight is 428 g/mol. The number of fused-ring (bicyclic) bond motifs is 3. The van der Waals surface area contributed by atoms with E-state index in [4.69, 9.17) is 11.6 Å². The fraction of sp³-hybridized carbons (Fsp3) is 0.500. The first kappa shape index (κ1) is 19.2. The quantitative estimate of drug-likeness (QED) is 0.615. The molecule has 3 heterocycles. The van der Waals surface area contributed by atoms with E-state index in [9.17, 15) is 0 Å². The number of pyridine rings is 1. The van der Waals surface area contributed by atoms with Crippen LogP contribution in [0.4, 0.5) is 5.82 Å². The van der Waals surface area contributed by atoms with Crippen LogP contribution in [0.15, 0.2) is 24.8 Å². The Balaban J connectivity index is 1.23. The summed E-state index contributed by atoms with van der Waals surface area (Å²) in [5.74, 6) is 1.05. The highest BCUT2D eigenvalue weighted by atomic mass is 35.5. The zero-order valence-electron chi connectivity index (χ0n) is 16.7. The van der Waals surface area contributed by atoms with Crippen LogP contribution in [0.25, 0.3) is 10.2 Å². The predicted molar refractivity (Wildman–Crippen MR) is 120 cm³/mol. The molecule has 0 amide bonds. The van der Waals surface area contributed by atoms with E-state index in [1.807, 2.05) is 23.6 Å². The first-order chi connectivity index (χ1) is 14.2. The average Bonchev–Trinajstić information content (AvgIpc) is 3.32. The van der Waals surface area contributed by atoms with Crippen molar-refractivity contribution in [1.82, 2.24) is 19.9 Å². The Hall–Kier alpha value is -1.76. The molecule has 0 aliphatic heterocycles. The third-order valence-corrected chi connectivity index (χ3v) is 7.98. The van der Waals surface area contributed by atoms with Gasteiger partial charge in [0.2, 0.25) is 0 Å². The maximum atomic E-state index is 6.29. The van der Waals surface area contributed by atoms with E-state index in [0.29, 0.717) is 12.1 Å². The minimum Gasteiger partial charge on any atom is -0.367 e. The van der Waals surface area contributed by atoms with Crippen LogP contribution in [-0.2, 0) is 19.4 Å². The second-order valence-electron chi connectivity index (χ2n) is 8.29. The molecule has 3 aromatic rings. The molecule has 5 rings (SSSR count). The number of thiophene rings is 1. The van der Waals surface area contributed by atoms with Crippen molar-refractivity contribution in [1.29, 1.82) is 0 Å². The molecular weight excluding hydrogens is 402 g/mol. The normalized spacial score (nSPS) is 21.6. The molecule has 2 aliphatic rings. The first-order valence-electron chi connectivity index (χ1n) is 10.5. The molecule has 0 bridgehead atoms. The standard InChI is InChI=1S/C22H26ClN5S/c1-28(12-14-9-10-24-11-18(14)23)16-7-5-15(6-8-16)27-21-20-17-3-2-4-19(17)29-22(20)26-13-25-21/h9-11,13,15-16H,2-8,12H2,1H3,(H,25,26,27). The molecule has 0 radical (unpaired) electrons. The highest BCUT2D eigenvalue weighted by Gasteiger charge is 2.26. The molecule has 0 atom stereocenters. The van der Waals surface area contributed by atoms with Crippen LogP contribution in [0.1, 0.15) is 48.1 Å². The van der Waals surface area contributed by atoms with Crippen molar-refractivity contribution in [2.45, 2.75) is 63.6 Å². The molecule has 7 heteroatoms. The predicted octanol–water partition coefficient (Wildman–Crippen LogP) is 5.08. The van der Waals surface area contributed by atoms with Crippen molar-refractivity contribution in [2.75, 3.05) is 12.4 Å².